The van der Waals surface area contributed by atoms with Crippen LogP contribution in [0.4, 0.5) is 0 Å². The molecule has 0 N–H and O–H groups in total. The molecule has 0 spiro atoms. The van der Waals surface area contributed by atoms with Crippen molar-refractivity contribution in [3.63, 3.8) is 0 Å². The van der Waals surface area contributed by atoms with Crippen LogP contribution < -0.4 is 0 Å². The van der Waals surface area contributed by atoms with Gasteiger partial charge in [0.15, 0.2) is 0 Å². The average Bonchev–Trinajstić information content (AvgIpc) is 3.67. The van der Waals surface area contributed by atoms with E-state index in [1.165, 1.54) is 0 Å². The highest BCUT2D eigenvalue weighted by Crippen LogP contribution is 2.50. The number of ether oxygens (including phenoxy) is 3. The van der Waals surface area contributed by atoms with Gasteiger partial charge in [-0.15, -0.1) is 0 Å². The summed E-state index contributed by atoms with van der Waals surface area (Å²) in [4.78, 5) is 13.3. The lowest BCUT2D eigenvalue weighted by Gasteiger charge is -2.46. The predicted molar refractivity (Wildman–Crippen MR) is 207 cm³/mol. The Hall–Kier alpha value is -5.57. The van der Waals surface area contributed by atoms with Gasteiger partial charge in [-0.2, -0.15) is 0 Å². The van der Waals surface area contributed by atoms with Crippen LogP contribution in [0.3, 0.4) is 0 Å². The first-order chi connectivity index (χ1) is 26.1. The second kappa shape index (κ2) is 16.4. The van der Waals surface area contributed by atoms with E-state index in [4.69, 9.17) is 23.5 Å². The Balaban J connectivity index is 1.38. The Labute approximate surface area is 311 Å². The summed E-state index contributed by atoms with van der Waals surface area (Å²) in [7, 11) is 2.52. The van der Waals surface area contributed by atoms with E-state index in [1.54, 1.807) is 26.4 Å². The summed E-state index contributed by atoms with van der Waals surface area (Å²) in [6, 6.07) is 58.9. The highest BCUT2D eigenvalue weighted by atomic mass is 16.7. The van der Waals surface area contributed by atoms with Crippen LogP contribution in [0.5, 0.6) is 0 Å². The first-order valence-corrected chi connectivity index (χ1v) is 17.7. The van der Waals surface area contributed by atoms with Gasteiger partial charge < -0.3 is 23.5 Å². The van der Waals surface area contributed by atoms with Gasteiger partial charge in [0, 0.05) is 14.2 Å². The molecule has 1 aliphatic rings. The fourth-order valence-corrected chi connectivity index (χ4v) is 7.42. The summed E-state index contributed by atoms with van der Waals surface area (Å²) in [5, 5.41) is 0. The fraction of sp³-hybridized carbons (Fsp3) is 0.152. The zero-order valence-corrected chi connectivity index (χ0v) is 29.7. The molecule has 1 aliphatic heterocycles. The molecule has 0 aromatic heterocycles. The first-order valence-electron chi connectivity index (χ1n) is 17.7. The number of benzene rings is 6. The van der Waals surface area contributed by atoms with Gasteiger partial charge in [0.05, 0.1) is 5.56 Å². The third-order valence-corrected chi connectivity index (χ3v) is 9.91. The number of methoxy groups -OCH3 is 2. The number of hydrogen-bond acceptors (Lipinski definition) is 6. The van der Waals surface area contributed by atoms with Gasteiger partial charge in [0.1, 0.15) is 29.5 Å². The molecule has 6 aromatic carbocycles. The third kappa shape index (κ3) is 7.13. The maximum Gasteiger partial charge on any atom is 0.486 e. The molecule has 0 unspecified atom stereocenters. The molecular formula is C46H41BO6. The van der Waals surface area contributed by atoms with Gasteiger partial charge in [-0.25, -0.2) is 4.79 Å². The van der Waals surface area contributed by atoms with Crippen LogP contribution in [-0.2, 0) is 34.7 Å². The SMILES string of the molecule is COC(c1ccccc1)(c1ccccc1)[C@@H]1OB(/C=C/[C@H](OC(=O)c2ccccc2)c2ccccc2)O[C@H]1C(OC)(c1ccccc1)c1ccccc1. The van der Waals surface area contributed by atoms with Crippen LogP contribution in [0.1, 0.15) is 44.3 Å². The van der Waals surface area contributed by atoms with E-state index in [1.807, 2.05) is 182 Å². The smallest absolute Gasteiger partial charge is 0.450 e. The number of rotatable bonds is 13. The lowest BCUT2D eigenvalue weighted by molar-refractivity contribution is -0.136. The normalized spacial score (nSPS) is 16.8. The molecule has 1 saturated heterocycles. The van der Waals surface area contributed by atoms with E-state index in [0.717, 1.165) is 27.8 Å². The molecule has 6 aromatic rings. The van der Waals surface area contributed by atoms with Crippen molar-refractivity contribution in [2.75, 3.05) is 14.2 Å². The van der Waals surface area contributed by atoms with Crippen molar-refractivity contribution in [3.8, 4) is 0 Å². The van der Waals surface area contributed by atoms with Crippen LogP contribution in [0, 0.1) is 0 Å². The van der Waals surface area contributed by atoms with Gasteiger partial charge in [-0.3, -0.25) is 0 Å². The molecule has 0 amide bonds. The van der Waals surface area contributed by atoms with E-state index < -0.39 is 42.6 Å². The topological polar surface area (TPSA) is 63.2 Å². The van der Waals surface area contributed by atoms with Crippen molar-refractivity contribution in [2.45, 2.75) is 29.5 Å². The van der Waals surface area contributed by atoms with Gasteiger partial charge in [-0.1, -0.05) is 176 Å². The minimum Gasteiger partial charge on any atom is -0.450 e. The first kappa shape index (κ1) is 35.8. The van der Waals surface area contributed by atoms with Gasteiger partial charge in [0.2, 0.25) is 0 Å². The Bertz CT molecular complexity index is 1880. The van der Waals surface area contributed by atoms with Crippen molar-refractivity contribution in [1.29, 1.82) is 0 Å². The van der Waals surface area contributed by atoms with Crippen molar-refractivity contribution in [1.82, 2.24) is 0 Å². The quantitative estimate of drug-likeness (QED) is 0.0885. The van der Waals surface area contributed by atoms with Crippen LogP contribution >= 0.6 is 0 Å². The summed E-state index contributed by atoms with van der Waals surface area (Å²) in [6.07, 6.45) is -0.442. The van der Waals surface area contributed by atoms with Crippen LogP contribution in [0.25, 0.3) is 0 Å². The largest absolute Gasteiger partial charge is 0.486 e. The Morgan fingerprint density at radius 2 is 0.887 bits per heavy atom. The molecule has 7 heteroatoms. The molecule has 1 heterocycles. The van der Waals surface area contributed by atoms with E-state index in [-0.39, 0.29) is 0 Å². The van der Waals surface area contributed by atoms with E-state index >= 15 is 0 Å². The standard InChI is InChI=1S/C46H41BO6/c1-49-45(37-25-13-5-14-26-37,38-27-15-6-16-28-38)42-43(46(50-2,39-29-17-7-18-30-39)40-31-19-8-20-32-40)53-47(52-42)34-33-41(35-21-9-3-10-22-35)51-44(48)36-23-11-4-12-24-36/h3-34,41-43H,1-2H3/b34-33+/t41-,42+,43+/m0/s1. The molecule has 3 atom stereocenters. The minimum absolute atomic E-state index is 0.439. The molecular weight excluding hydrogens is 659 g/mol. The molecule has 1 fully saturated rings. The summed E-state index contributed by atoms with van der Waals surface area (Å²) in [6.45, 7) is 0. The van der Waals surface area contributed by atoms with Crippen molar-refractivity contribution >= 4 is 13.1 Å². The lowest BCUT2D eigenvalue weighted by Crippen LogP contribution is -2.56. The highest BCUT2D eigenvalue weighted by Gasteiger charge is 2.61. The number of hydrogen-bond donors (Lipinski definition) is 0. The lowest BCUT2D eigenvalue weighted by atomic mass is 9.71. The summed E-state index contributed by atoms with van der Waals surface area (Å²) >= 11 is 0. The fourth-order valence-electron chi connectivity index (χ4n) is 7.42. The molecule has 6 nitrogen and oxygen atoms in total. The summed E-state index contributed by atoms with van der Waals surface area (Å²) in [5.41, 5.74) is 2.53. The minimum atomic E-state index is -1.15. The second-order valence-electron chi connectivity index (χ2n) is 12.8. The Kier molecular flexibility index (Phi) is 11.1. The maximum absolute atomic E-state index is 13.3. The average molecular weight is 701 g/mol. The van der Waals surface area contributed by atoms with E-state index in [2.05, 4.69) is 0 Å². The number of esters is 1. The summed E-state index contributed by atoms with van der Waals surface area (Å²) < 4.78 is 33.8. The van der Waals surface area contributed by atoms with Crippen molar-refractivity contribution in [2.24, 2.45) is 0 Å². The molecule has 7 rings (SSSR count). The molecule has 0 radical (unpaired) electrons. The second-order valence-corrected chi connectivity index (χ2v) is 12.8. The number of carbonyl (C=O) groups is 1. The van der Waals surface area contributed by atoms with Gasteiger partial charge >= 0.3 is 13.1 Å². The van der Waals surface area contributed by atoms with Crippen molar-refractivity contribution < 1.29 is 28.3 Å². The molecule has 0 saturated carbocycles. The predicted octanol–water partition coefficient (Wildman–Crippen LogP) is 9.13. The van der Waals surface area contributed by atoms with E-state index in [9.17, 15) is 4.79 Å². The Morgan fingerprint density at radius 1 is 0.547 bits per heavy atom. The highest BCUT2D eigenvalue weighted by molar-refractivity contribution is 6.51. The maximum atomic E-state index is 13.3. The summed E-state index contributed by atoms with van der Waals surface area (Å²) in [5.74, 6) is 1.38. The van der Waals surface area contributed by atoms with E-state index in [0.29, 0.717) is 5.56 Å². The van der Waals surface area contributed by atoms with Gasteiger partial charge in [-0.05, 0) is 46.0 Å². The molecule has 264 valence electrons. The molecule has 0 bridgehead atoms. The van der Waals surface area contributed by atoms with Crippen LogP contribution in [0.2, 0.25) is 0 Å². The third-order valence-electron chi connectivity index (χ3n) is 9.91. The monoisotopic (exact) mass is 700 g/mol. The molecule has 53 heavy (non-hydrogen) atoms. The number of carbonyl (C=O) groups excluding carboxylic acids is 1. The van der Waals surface area contributed by atoms with Gasteiger partial charge in [0.25, 0.3) is 0 Å². The van der Waals surface area contributed by atoms with Crippen LogP contribution in [0.15, 0.2) is 194 Å². The zero-order valence-electron chi connectivity index (χ0n) is 29.7. The van der Waals surface area contributed by atoms with Crippen LogP contribution in [-0.4, -0.2) is 39.5 Å². The van der Waals surface area contributed by atoms with Crippen molar-refractivity contribution in [3.05, 3.63) is 227 Å². The Morgan fingerprint density at radius 3 is 1.25 bits per heavy atom. The molecule has 0 aliphatic carbocycles. The zero-order chi connectivity index (χ0) is 36.5.